The van der Waals surface area contributed by atoms with Crippen molar-refractivity contribution in [2.45, 2.75) is 6.54 Å². The van der Waals surface area contributed by atoms with Crippen LogP contribution in [0.3, 0.4) is 0 Å². The summed E-state index contributed by atoms with van der Waals surface area (Å²) in [5, 5.41) is 5.49. The SMILES string of the molecule is CNC(=O)/C=C/CNC(=O)Cn1cnc2ccccc2c1=O. The summed E-state index contributed by atoms with van der Waals surface area (Å²) in [5.41, 5.74) is 0.333. The van der Waals surface area contributed by atoms with Crippen molar-refractivity contribution in [1.29, 1.82) is 0 Å². The van der Waals surface area contributed by atoms with Gasteiger partial charge in [-0.3, -0.25) is 19.0 Å². The Balaban J connectivity index is 2.00. The first-order valence-electron chi connectivity index (χ1n) is 6.71. The number of aromatic nitrogens is 2. The van der Waals surface area contributed by atoms with Crippen LogP contribution in [-0.2, 0) is 16.1 Å². The highest BCUT2D eigenvalue weighted by Crippen LogP contribution is 2.04. The van der Waals surface area contributed by atoms with Crippen molar-refractivity contribution in [3.8, 4) is 0 Å². The Morgan fingerprint density at radius 1 is 1.32 bits per heavy atom. The number of carbonyl (C=O) groups excluding carboxylic acids is 2. The molecule has 7 heteroatoms. The first kappa shape index (κ1) is 15.4. The first-order valence-corrected chi connectivity index (χ1v) is 6.71. The van der Waals surface area contributed by atoms with E-state index in [1.54, 1.807) is 24.3 Å². The average Bonchev–Trinajstić information content (AvgIpc) is 2.54. The van der Waals surface area contributed by atoms with Crippen LogP contribution in [0, 0.1) is 0 Å². The zero-order valence-corrected chi connectivity index (χ0v) is 12.1. The molecule has 1 aromatic heterocycles. The molecule has 0 spiro atoms. The molecule has 0 saturated heterocycles. The lowest BCUT2D eigenvalue weighted by Crippen LogP contribution is -2.32. The highest BCUT2D eigenvalue weighted by Gasteiger charge is 2.06. The van der Waals surface area contributed by atoms with Crippen molar-refractivity contribution in [3.63, 3.8) is 0 Å². The molecule has 7 nitrogen and oxygen atoms in total. The molecular formula is C15H16N4O3. The van der Waals surface area contributed by atoms with Crippen molar-refractivity contribution in [3.05, 3.63) is 53.1 Å². The van der Waals surface area contributed by atoms with Crippen molar-refractivity contribution in [2.24, 2.45) is 0 Å². The molecule has 0 bridgehead atoms. The normalized spacial score (nSPS) is 10.8. The quantitative estimate of drug-likeness (QED) is 0.749. The van der Waals surface area contributed by atoms with Gasteiger partial charge in [0, 0.05) is 19.7 Å². The summed E-state index contributed by atoms with van der Waals surface area (Å²) in [4.78, 5) is 39.1. The van der Waals surface area contributed by atoms with Crippen LogP contribution >= 0.6 is 0 Å². The molecule has 0 fully saturated rings. The van der Waals surface area contributed by atoms with Crippen LogP contribution in [0.4, 0.5) is 0 Å². The van der Waals surface area contributed by atoms with Gasteiger partial charge < -0.3 is 10.6 Å². The van der Waals surface area contributed by atoms with Gasteiger partial charge >= 0.3 is 0 Å². The third-order valence-electron chi connectivity index (χ3n) is 2.98. The van der Waals surface area contributed by atoms with Gasteiger partial charge in [0.15, 0.2) is 0 Å². The molecule has 114 valence electrons. The molecule has 22 heavy (non-hydrogen) atoms. The molecule has 2 rings (SSSR count). The van der Waals surface area contributed by atoms with E-state index in [9.17, 15) is 14.4 Å². The average molecular weight is 300 g/mol. The molecule has 2 amide bonds. The van der Waals surface area contributed by atoms with Crippen LogP contribution in [-0.4, -0.2) is 35.0 Å². The summed E-state index contributed by atoms with van der Waals surface area (Å²) < 4.78 is 1.25. The number of rotatable bonds is 5. The summed E-state index contributed by atoms with van der Waals surface area (Å²) in [6.45, 7) is 0.0898. The van der Waals surface area contributed by atoms with Gasteiger partial charge in [0.2, 0.25) is 11.8 Å². The largest absolute Gasteiger partial charge is 0.356 e. The number of nitrogens with zero attached hydrogens (tertiary/aromatic N) is 2. The Bertz CT molecular complexity index is 780. The lowest BCUT2D eigenvalue weighted by Gasteiger charge is -2.06. The van der Waals surface area contributed by atoms with Gasteiger partial charge in [-0.2, -0.15) is 0 Å². The van der Waals surface area contributed by atoms with Gasteiger partial charge in [-0.25, -0.2) is 4.98 Å². The maximum atomic E-state index is 12.2. The van der Waals surface area contributed by atoms with Crippen LogP contribution in [0.2, 0.25) is 0 Å². The predicted molar refractivity (Wildman–Crippen MR) is 82.2 cm³/mol. The van der Waals surface area contributed by atoms with E-state index in [4.69, 9.17) is 0 Å². The number of benzene rings is 1. The molecule has 1 heterocycles. The minimum Gasteiger partial charge on any atom is -0.356 e. The van der Waals surface area contributed by atoms with Crippen LogP contribution < -0.4 is 16.2 Å². The second-order valence-corrected chi connectivity index (χ2v) is 4.52. The molecule has 2 N–H and O–H groups in total. The summed E-state index contributed by atoms with van der Waals surface area (Å²) in [6.07, 6.45) is 4.20. The number of para-hydroxylation sites is 1. The summed E-state index contributed by atoms with van der Waals surface area (Å²) in [5.74, 6) is -0.579. The highest BCUT2D eigenvalue weighted by molar-refractivity contribution is 5.87. The fraction of sp³-hybridized carbons (Fsp3) is 0.200. The number of hydrogen-bond donors (Lipinski definition) is 2. The van der Waals surface area contributed by atoms with Crippen molar-refractivity contribution < 1.29 is 9.59 Å². The zero-order valence-electron chi connectivity index (χ0n) is 12.1. The van der Waals surface area contributed by atoms with Gasteiger partial charge in [-0.15, -0.1) is 0 Å². The van der Waals surface area contributed by atoms with E-state index >= 15 is 0 Å². The first-order chi connectivity index (χ1) is 10.6. The fourth-order valence-corrected chi connectivity index (χ4v) is 1.85. The number of carbonyl (C=O) groups is 2. The lowest BCUT2D eigenvalue weighted by atomic mass is 10.2. The smallest absolute Gasteiger partial charge is 0.261 e. The van der Waals surface area contributed by atoms with E-state index in [2.05, 4.69) is 15.6 Å². The van der Waals surface area contributed by atoms with Crippen LogP contribution in [0.15, 0.2) is 47.5 Å². The van der Waals surface area contributed by atoms with E-state index in [0.29, 0.717) is 10.9 Å². The van der Waals surface area contributed by atoms with E-state index in [1.165, 1.54) is 30.1 Å². The molecule has 0 saturated carbocycles. The predicted octanol–water partition coefficient (Wildman–Crippen LogP) is -0.185. The van der Waals surface area contributed by atoms with Gasteiger partial charge in [0.1, 0.15) is 6.54 Å². The summed E-state index contributed by atoms with van der Waals surface area (Å²) >= 11 is 0. The van der Waals surface area contributed by atoms with E-state index in [0.717, 1.165) is 0 Å². The monoisotopic (exact) mass is 300 g/mol. The topological polar surface area (TPSA) is 93.1 Å². The maximum absolute atomic E-state index is 12.2. The number of fused-ring (bicyclic) bond motifs is 1. The van der Waals surface area contributed by atoms with Gasteiger partial charge in [0.25, 0.3) is 5.56 Å². The third kappa shape index (κ3) is 3.78. The zero-order chi connectivity index (χ0) is 15.9. The number of hydrogen-bond acceptors (Lipinski definition) is 4. The van der Waals surface area contributed by atoms with Gasteiger partial charge in [0.05, 0.1) is 17.2 Å². The number of amides is 2. The lowest BCUT2D eigenvalue weighted by molar-refractivity contribution is -0.121. The van der Waals surface area contributed by atoms with Crippen LogP contribution in [0.25, 0.3) is 10.9 Å². The molecule has 0 radical (unpaired) electrons. The molecule has 0 aliphatic heterocycles. The minimum absolute atomic E-state index is 0.121. The Morgan fingerprint density at radius 3 is 2.86 bits per heavy atom. The standard InChI is InChI=1S/C15H16N4O3/c1-16-13(20)7-4-8-17-14(21)9-19-10-18-12-6-3-2-5-11(12)15(19)22/h2-7,10H,8-9H2,1H3,(H,16,20)(H,17,21)/b7-4+. The number of likely N-dealkylation sites (N-methyl/N-ethyl adjacent to an activating group) is 1. The molecular weight excluding hydrogens is 284 g/mol. The van der Waals surface area contributed by atoms with E-state index in [-0.39, 0.29) is 30.5 Å². The van der Waals surface area contributed by atoms with Crippen molar-refractivity contribution in [1.82, 2.24) is 20.2 Å². The third-order valence-corrected chi connectivity index (χ3v) is 2.98. The molecule has 2 aromatic rings. The second kappa shape index (κ2) is 7.16. The van der Waals surface area contributed by atoms with Gasteiger partial charge in [-0.05, 0) is 12.1 Å². The molecule has 0 atom stereocenters. The Morgan fingerprint density at radius 2 is 2.09 bits per heavy atom. The Kier molecular flexibility index (Phi) is 5.02. The summed E-state index contributed by atoms with van der Waals surface area (Å²) in [7, 11) is 1.52. The highest BCUT2D eigenvalue weighted by atomic mass is 16.2. The fourth-order valence-electron chi connectivity index (χ4n) is 1.85. The Labute approximate surface area is 126 Å². The van der Waals surface area contributed by atoms with Crippen LogP contribution in [0.1, 0.15) is 0 Å². The molecule has 0 unspecified atom stereocenters. The number of nitrogens with one attached hydrogen (secondary N) is 2. The van der Waals surface area contributed by atoms with E-state index in [1.807, 2.05) is 0 Å². The van der Waals surface area contributed by atoms with Gasteiger partial charge in [-0.1, -0.05) is 18.2 Å². The maximum Gasteiger partial charge on any atom is 0.261 e. The summed E-state index contributed by atoms with van der Waals surface area (Å²) in [6, 6.07) is 6.96. The molecule has 1 aromatic carbocycles. The second-order valence-electron chi connectivity index (χ2n) is 4.52. The van der Waals surface area contributed by atoms with Crippen molar-refractivity contribution >= 4 is 22.7 Å². The van der Waals surface area contributed by atoms with E-state index < -0.39 is 0 Å². The Hall–Kier alpha value is -2.96. The van der Waals surface area contributed by atoms with Crippen LogP contribution in [0.5, 0.6) is 0 Å². The molecule has 0 aliphatic rings. The molecule has 0 aliphatic carbocycles. The van der Waals surface area contributed by atoms with Crippen molar-refractivity contribution in [2.75, 3.05) is 13.6 Å². The minimum atomic E-state index is -0.333.